The highest BCUT2D eigenvalue weighted by Crippen LogP contribution is 2.51. The highest BCUT2D eigenvalue weighted by Gasteiger charge is 2.36. The van der Waals surface area contributed by atoms with E-state index in [2.05, 4.69) is 227 Å². The molecule has 1 atom stereocenters. The van der Waals surface area contributed by atoms with E-state index in [1.54, 1.807) is 0 Å². The molecule has 8 aromatic rings. The molecule has 1 nitrogen and oxygen atoms in total. The Morgan fingerprint density at radius 1 is 0.368 bits per heavy atom. The summed E-state index contributed by atoms with van der Waals surface area (Å²) in [5, 5.41) is 0. The lowest BCUT2D eigenvalue weighted by molar-refractivity contribution is 0.660. The number of hydrogen-bond donors (Lipinski definition) is 0. The summed E-state index contributed by atoms with van der Waals surface area (Å²) < 4.78 is 0. The minimum atomic E-state index is -0.0216. The molecule has 2 aliphatic carbocycles. The smallest absolute Gasteiger partial charge is 0.0468 e. The molecule has 1 heteroatoms. The highest BCUT2D eigenvalue weighted by atomic mass is 15.1. The lowest BCUT2D eigenvalue weighted by atomic mass is 9.81. The second-order valence-corrected chi connectivity index (χ2v) is 17.0. The lowest BCUT2D eigenvalue weighted by Gasteiger charge is -2.27. The monoisotopic (exact) mass is 733 g/mol. The van der Waals surface area contributed by atoms with Gasteiger partial charge in [-0.05, 0) is 115 Å². The van der Waals surface area contributed by atoms with Gasteiger partial charge in [0.15, 0.2) is 0 Å². The van der Waals surface area contributed by atoms with E-state index in [0.29, 0.717) is 0 Å². The van der Waals surface area contributed by atoms with Crippen molar-refractivity contribution in [2.45, 2.75) is 50.9 Å². The molecular weight excluding hydrogens is 687 g/mol. The quantitative estimate of drug-likeness (QED) is 0.150. The first kappa shape index (κ1) is 35.0. The van der Waals surface area contributed by atoms with Crippen molar-refractivity contribution in [2.24, 2.45) is 0 Å². The van der Waals surface area contributed by atoms with Crippen LogP contribution in [0.3, 0.4) is 0 Å². The lowest BCUT2D eigenvalue weighted by Crippen LogP contribution is -2.15. The molecule has 10 rings (SSSR count). The highest BCUT2D eigenvalue weighted by molar-refractivity contribution is 5.87. The third-order valence-corrected chi connectivity index (χ3v) is 12.9. The number of benzene rings is 8. The number of rotatable bonds is 8. The van der Waals surface area contributed by atoms with E-state index in [9.17, 15) is 0 Å². The van der Waals surface area contributed by atoms with Crippen molar-refractivity contribution in [3.63, 3.8) is 0 Å². The minimum Gasteiger partial charge on any atom is -0.310 e. The Balaban J connectivity index is 0.956. The Hall–Kier alpha value is -6.44. The van der Waals surface area contributed by atoms with Crippen LogP contribution >= 0.6 is 0 Å². The maximum atomic E-state index is 2.45. The fourth-order valence-corrected chi connectivity index (χ4v) is 9.83. The van der Waals surface area contributed by atoms with E-state index in [4.69, 9.17) is 0 Å². The van der Waals surface area contributed by atoms with Crippen molar-refractivity contribution < 1.29 is 0 Å². The van der Waals surface area contributed by atoms with Gasteiger partial charge < -0.3 is 4.90 Å². The molecule has 276 valence electrons. The van der Waals surface area contributed by atoms with Gasteiger partial charge in [-0.15, -0.1) is 0 Å². The maximum absolute atomic E-state index is 2.45. The molecule has 0 aromatic heterocycles. The summed E-state index contributed by atoms with van der Waals surface area (Å²) in [4.78, 5) is 2.38. The van der Waals surface area contributed by atoms with Crippen molar-refractivity contribution in [3.05, 3.63) is 233 Å². The first-order valence-electron chi connectivity index (χ1n) is 20.4. The van der Waals surface area contributed by atoms with Crippen LogP contribution in [-0.4, -0.2) is 0 Å². The van der Waals surface area contributed by atoms with Crippen LogP contribution in [-0.2, 0) is 17.3 Å². The van der Waals surface area contributed by atoms with Gasteiger partial charge in [0.2, 0.25) is 0 Å². The van der Waals surface area contributed by atoms with E-state index >= 15 is 0 Å². The molecule has 0 amide bonds. The molecule has 0 saturated heterocycles. The number of anilines is 3. The van der Waals surface area contributed by atoms with Gasteiger partial charge in [-0.3, -0.25) is 0 Å². The van der Waals surface area contributed by atoms with Gasteiger partial charge in [0.1, 0.15) is 0 Å². The van der Waals surface area contributed by atoms with Gasteiger partial charge in [-0.1, -0.05) is 185 Å². The SMILES string of the molecule is CC1(C)c2ccccc2-c2cc(CC(c3ccccc3)c3ccc(-c4ccc(N(c5ccccc5)c5ccc6c(c5)-c5ccccc5C6(C)C)cc4)cc3)ccc21. The molecule has 2 aliphatic rings. The average molecular weight is 734 g/mol. The third-order valence-electron chi connectivity index (χ3n) is 12.9. The molecule has 57 heavy (non-hydrogen) atoms. The number of nitrogens with zero attached hydrogens (tertiary/aromatic N) is 1. The van der Waals surface area contributed by atoms with Crippen LogP contribution in [0.2, 0.25) is 0 Å². The van der Waals surface area contributed by atoms with Gasteiger partial charge >= 0.3 is 0 Å². The summed E-state index contributed by atoms with van der Waals surface area (Å²) >= 11 is 0. The second-order valence-electron chi connectivity index (χ2n) is 17.0. The molecule has 0 fully saturated rings. The Kier molecular flexibility index (Phi) is 8.38. The van der Waals surface area contributed by atoms with E-state index in [0.717, 1.165) is 23.5 Å². The maximum Gasteiger partial charge on any atom is 0.0468 e. The Bertz CT molecular complexity index is 2740. The van der Waals surface area contributed by atoms with Gasteiger partial charge in [0, 0.05) is 33.8 Å². The summed E-state index contributed by atoms with van der Waals surface area (Å²) in [6.45, 7) is 9.39. The topological polar surface area (TPSA) is 3.24 Å². The molecule has 1 unspecified atom stereocenters. The van der Waals surface area contributed by atoms with Gasteiger partial charge in [-0.2, -0.15) is 0 Å². The Morgan fingerprint density at radius 2 is 0.807 bits per heavy atom. The van der Waals surface area contributed by atoms with Crippen LogP contribution in [0.1, 0.15) is 72.6 Å². The zero-order chi connectivity index (χ0) is 38.7. The van der Waals surface area contributed by atoms with Crippen molar-refractivity contribution in [1.82, 2.24) is 0 Å². The van der Waals surface area contributed by atoms with Gasteiger partial charge in [0.05, 0.1) is 0 Å². The molecule has 0 bridgehead atoms. The van der Waals surface area contributed by atoms with Crippen LogP contribution in [0.4, 0.5) is 17.1 Å². The largest absolute Gasteiger partial charge is 0.310 e. The molecule has 0 radical (unpaired) electrons. The fraction of sp³-hybridized carbons (Fsp3) is 0.143. The molecular formula is C56H47N. The summed E-state index contributed by atoms with van der Waals surface area (Å²) in [6.07, 6.45) is 0.940. The van der Waals surface area contributed by atoms with Crippen LogP contribution in [0, 0.1) is 0 Å². The van der Waals surface area contributed by atoms with E-state index in [1.165, 1.54) is 72.3 Å². The predicted molar refractivity (Wildman–Crippen MR) is 240 cm³/mol. The van der Waals surface area contributed by atoms with Crippen molar-refractivity contribution in [2.75, 3.05) is 4.90 Å². The Morgan fingerprint density at radius 3 is 1.42 bits per heavy atom. The summed E-state index contributed by atoms with van der Waals surface area (Å²) in [7, 11) is 0. The van der Waals surface area contributed by atoms with Crippen LogP contribution in [0.25, 0.3) is 33.4 Å². The van der Waals surface area contributed by atoms with E-state index in [1.807, 2.05) is 0 Å². The van der Waals surface area contributed by atoms with Crippen molar-refractivity contribution in [3.8, 4) is 33.4 Å². The normalized spacial score (nSPS) is 14.6. The average Bonchev–Trinajstić information content (AvgIpc) is 3.63. The molecule has 0 N–H and O–H groups in total. The van der Waals surface area contributed by atoms with Gasteiger partial charge in [0.25, 0.3) is 0 Å². The van der Waals surface area contributed by atoms with Crippen LogP contribution in [0.5, 0.6) is 0 Å². The first-order valence-corrected chi connectivity index (χ1v) is 20.4. The third kappa shape index (κ3) is 5.92. The first-order chi connectivity index (χ1) is 27.8. The molecule has 0 heterocycles. The zero-order valence-corrected chi connectivity index (χ0v) is 33.2. The number of fused-ring (bicyclic) bond motifs is 6. The van der Waals surface area contributed by atoms with E-state index in [-0.39, 0.29) is 16.7 Å². The number of hydrogen-bond acceptors (Lipinski definition) is 1. The fourth-order valence-electron chi connectivity index (χ4n) is 9.83. The van der Waals surface area contributed by atoms with E-state index < -0.39 is 0 Å². The molecule has 0 aliphatic heterocycles. The Labute approximate surface area is 337 Å². The molecule has 0 spiro atoms. The van der Waals surface area contributed by atoms with Crippen molar-refractivity contribution in [1.29, 1.82) is 0 Å². The zero-order valence-electron chi connectivity index (χ0n) is 33.2. The summed E-state index contributed by atoms with van der Waals surface area (Å²) in [5.74, 6) is 0.245. The molecule has 8 aromatic carbocycles. The summed E-state index contributed by atoms with van der Waals surface area (Å²) in [5.41, 5.74) is 21.0. The molecule has 0 saturated carbocycles. The predicted octanol–water partition coefficient (Wildman–Crippen LogP) is 14.8. The standard InChI is InChI=1S/C56H47N/c1-55(2)51-21-13-11-19-46(51)49-36-38(23-33-53(49)55)35-48(41-15-7-5-8-16-41)42-26-24-39(25-27-42)40-28-30-44(31-29-40)57(43-17-9-6-10-18-43)45-32-34-54-50(37-45)47-20-12-14-22-52(47)56(54,3)4/h5-34,36-37,48H,35H2,1-4H3. The van der Waals surface area contributed by atoms with Crippen LogP contribution < -0.4 is 4.90 Å². The summed E-state index contributed by atoms with van der Waals surface area (Å²) in [6, 6.07) is 72.1. The van der Waals surface area contributed by atoms with Crippen LogP contribution in [0.15, 0.2) is 194 Å². The second kappa shape index (κ2) is 13.6. The van der Waals surface area contributed by atoms with Gasteiger partial charge in [-0.25, -0.2) is 0 Å². The number of para-hydroxylation sites is 1. The minimum absolute atomic E-state index is 0.0169. The van der Waals surface area contributed by atoms with Crippen molar-refractivity contribution >= 4 is 17.1 Å².